The van der Waals surface area contributed by atoms with E-state index in [0.717, 1.165) is 19.6 Å². The summed E-state index contributed by atoms with van der Waals surface area (Å²) >= 11 is 0. The third kappa shape index (κ3) is 3.73. The van der Waals surface area contributed by atoms with E-state index in [1.165, 1.54) is 12.8 Å². The lowest BCUT2D eigenvalue weighted by Crippen LogP contribution is -2.12. The maximum atomic E-state index is 5.45. The van der Waals surface area contributed by atoms with Crippen LogP contribution in [0, 0.1) is 0 Å². The van der Waals surface area contributed by atoms with Crippen LogP contribution >= 0.6 is 0 Å². The summed E-state index contributed by atoms with van der Waals surface area (Å²) in [6.45, 7) is 5.93. The summed E-state index contributed by atoms with van der Waals surface area (Å²) in [5.74, 6) is 0. The first-order chi connectivity index (χ1) is 5.29. The summed E-state index contributed by atoms with van der Waals surface area (Å²) < 4.78 is 10.9. The Morgan fingerprint density at radius 2 is 2.36 bits per heavy atom. The molecule has 1 aliphatic heterocycles. The smallest absolute Gasteiger partial charge is 0.0597 e. The number of rotatable bonds is 4. The van der Waals surface area contributed by atoms with Crippen molar-refractivity contribution < 1.29 is 9.47 Å². The average Bonchev–Trinajstić information content (AvgIpc) is 2.39. The molecule has 0 radical (unpaired) electrons. The molecular formula is C9H18O2. The minimum Gasteiger partial charge on any atom is -0.379 e. The summed E-state index contributed by atoms with van der Waals surface area (Å²) in [5.41, 5.74) is 0. The minimum absolute atomic E-state index is 0.358. The molecule has 0 saturated carbocycles. The van der Waals surface area contributed by atoms with Crippen LogP contribution in [0.3, 0.4) is 0 Å². The Morgan fingerprint density at radius 1 is 1.55 bits per heavy atom. The molecule has 0 spiro atoms. The molecule has 2 heteroatoms. The van der Waals surface area contributed by atoms with Gasteiger partial charge in [0.2, 0.25) is 0 Å². The summed E-state index contributed by atoms with van der Waals surface area (Å²) in [6.07, 6.45) is 4.36. The van der Waals surface area contributed by atoms with Gasteiger partial charge in [0.1, 0.15) is 0 Å². The highest BCUT2D eigenvalue weighted by molar-refractivity contribution is 4.63. The highest BCUT2D eigenvalue weighted by atomic mass is 16.5. The zero-order chi connectivity index (χ0) is 8.10. The Bertz CT molecular complexity index is 95.7. The molecule has 1 saturated heterocycles. The molecule has 1 unspecified atom stereocenters. The fourth-order valence-electron chi connectivity index (χ4n) is 1.31. The normalized spacial score (nSPS) is 24.8. The largest absolute Gasteiger partial charge is 0.379 e. The van der Waals surface area contributed by atoms with E-state index in [4.69, 9.17) is 9.47 Å². The van der Waals surface area contributed by atoms with Crippen LogP contribution in [0.5, 0.6) is 0 Å². The average molecular weight is 158 g/mol. The molecule has 1 rings (SSSR count). The van der Waals surface area contributed by atoms with Gasteiger partial charge in [-0.05, 0) is 33.1 Å². The van der Waals surface area contributed by atoms with Gasteiger partial charge in [-0.1, -0.05) is 0 Å². The van der Waals surface area contributed by atoms with Gasteiger partial charge in [-0.25, -0.2) is 0 Å². The van der Waals surface area contributed by atoms with E-state index in [1.54, 1.807) is 0 Å². The van der Waals surface area contributed by atoms with Crippen molar-refractivity contribution in [2.24, 2.45) is 0 Å². The Kier molecular flexibility index (Phi) is 3.87. The summed E-state index contributed by atoms with van der Waals surface area (Å²) in [5, 5.41) is 0. The van der Waals surface area contributed by atoms with Gasteiger partial charge in [0, 0.05) is 13.2 Å². The Morgan fingerprint density at radius 3 is 2.91 bits per heavy atom. The van der Waals surface area contributed by atoms with Crippen molar-refractivity contribution in [3.8, 4) is 0 Å². The van der Waals surface area contributed by atoms with Crippen LogP contribution in [0.15, 0.2) is 0 Å². The molecule has 0 aromatic rings. The van der Waals surface area contributed by atoms with Crippen LogP contribution in [0.2, 0.25) is 0 Å². The zero-order valence-electron chi connectivity index (χ0n) is 7.51. The van der Waals surface area contributed by atoms with Gasteiger partial charge in [-0.3, -0.25) is 0 Å². The van der Waals surface area contributed by atoms with Crippen LogP contribution in [0.1, 0.15) is 33.1 Å². The minimum atomic E-state index is 0.358. The van der Waals surface area contributed by atoms with E-state index in [1.807, 2.05) is 0 Å². The van der Waals surface area contributed by atoms with E-state index in [9.17, 15) is 0 Å². The number of ether oxygens (including phenoxy) is 2. The molecule has 0 bridgehead atoms. The predicted molar refractivity (Wildman–Crippen MR) is 44.7 cm³/mol. The lowest BCUT2D eigenvalue weighted by molar-refractivity contribution is 0.0347. The van der Waals surface area contributed by atoms with Crippen LogP contribution in [-0.4, -0.2) is 25.4 Å². The Labute approximate surface area is 68.9 Å². The van der Waals surface area contributed by atoms with E-state index >= 15 is 0 Å². The molecule has 0 aliphatic carbocycles. The molecule has 0 aromatic heterocycles. The first-order valence-corrected chi connectivity index (χ1v) is 4.52. The van der Waals surface area contributed by atoms with Crippen LogP contribution in [0.4, 0.5) is 0 Å². The Hall–Kier alpha value is -0.0800. The van der Waals surface area contributed by atoms with Crippen LogP contribution in [0.25, 0.3) is 0 Å². The van der Waals surface area contributed by atoms with Crippen molar-refractivity contribution in [2.75, 3.05) is 13.2 Å². The summed E-state index contributed by atoms with van der Waals surface area (Å²) in [4.78, 5) is 0. The fraction of sp³-hybridized carbons (Fsp3) is 1.00. The van der Waals surface area contributed by atoms with Gasteiger partial charge < -0.3 is 9.47 Å². The van der Waals surface area contributed by atoms with E-state index in [-0.39, 0.29) is 0 Å². The molecule has 1 heterocycles. The van der Waals surface area contributed by atoms with Crippen LogP contribution in [-0.2, 0) is 9.47 Å². The molecule has 1 aliphatic rings. The van der Waals surface area contributed by atoms with Gasteiger partial charge in [-0.15, -0.1) is 0 Å². The second-order valence-corrected chi connectivity index (χ2v) is 3.34. The first-order valence-electron chi connectivity index (χ1n) is 4.52. The van der Waals surface area contributed by atoms with Gasteiger partial charge >= 0.3 is 0 Å². The molecule has 66 valence electrons. The molecule has 11 heavy (non-hydrogen) atoms. The maximum absolute atomic E-state index is 5.45. The third-order valence-electron chi connectivity index (χ3n) is 1.92. The van der Waals surface area contributed by atoms with Gasteiger partial charge in [0.15, 0.2) is 0 Å². The van der Waals surface area contributed by atoms with E-state index in [0.29, 0.717) is 12.2 Å². The van der Waals surface area contributed by atoms with Gasteiger partial charge in [-0.2, -0.15) is 0 Å². The van der Waals surface area contributed by atoms with Crippen molar-refractivity contribution in [1.29, 1.82) is 0 Å². The highest BCUT2D eigenvalue weighted by Gasteiger charge is 2.14. The highest BCUT2D eigenvalue weighted by Crippen LogP contribution is 2.15. The second-order valence-electron chi connectivity index (χ2n) is 3.34. The van der Waals surface area contributed by atoms with E-state index < -0.39 is 0 Å². The SMILES string of the molecule is CC(C)OCCC1CCCO1. The standard InChI is InChI=1S/C9H18O2/c1-8(2)10-7-5-9-4-3-6-11-9/h8-9H,3-7H2,1-2H3. The molecule has 2 nitrogen and oxygen atoms in total. The summed E-state index contributed by atoms with van der Waals surface area (Å²) in [6, 6.07) is 0. The molecule has 0 aromatic carbocycles. The lowest BCUT2D eigenvalue weighted by Gasteiger charge is -2.11. The van der Waals surface area contributed by atoms with Crippen molar-refractivity contribution in [2.45, 2.75) is 45.3 Å². The molecule has 0 N–H and O–H groups in total. The molecule has 1 atom stereocenters. The fourth-order valence-corrected chi connectivity index (χ4v) is 1.31. The van der Waals surface area contributed by atoms with Crippen molar-refractivity contribution in [3.63, 3.8) is 0 Å². The molecule has 1 fully saturated rings. The van der Waals surface area contributed by atoms with Crippen molar-refractivity contribution in [3.05, 3.63) is 0 Å². The monoisotopic (exact) mass is 158 g/mol. The van der Waals surface area contributed by atoms with E-state index in [2.05, 4.69) is 13.8 Å². The third-order valence-corrected chi connectivity index (χ3v) is 1.92. The summed E-state index contributed by atoms with van der Waals surface area (Å²) in [7, 11) is 0. The first kappa shape index (κ1) is 9.01. The van der Waals surface area contributed by atoms with Gasteiger partial charge in [0.05, 0.1) is 12.2 Å². The molecular weight excluding hydrogens is 140 g/mol. The topological polar surface area (TPSA) is 18.5 Å². The van der Waals surface area contributed by atoms with Crippen LogP contribution < -0.4 is 0 Å². The lowest BCUT2D eigenvalue weighted by atomic mass is 10.2. The number of hydrogen-bond donors (Lipinski definition) is 0. The van der Waals surface area contributed by atoms with Crippen molar-refractivity contribution in [1.82, 2.24) is 0 Å². The zero-order valence-corrected chi connectivity index (χ0v) is 7.51. The quantitative estimate of drug-likeness (QED) is 0.623. The second kappa shape index (κ2) is 4.73. The predicted octanol–water partition coefficient (Wildman–Crippen LogP) is 1.98. The Balaban J connectivity index is 1.94. The van der Waals surface area contributed by atoms with Gasteiger partial charge in [0.25, 0.3) is 0 Å². The number of hydrogen-bond acceptors (Lipinski definition) is 2. The maximum Gasteiger partial charge on any atom is 0.0597 e. The molecule has 0 amide bonds. The van der Waals surface area contributed by atoms with Crippen molar-refractivity contribution >= 4 is 0 Å².